The van der Waals surface area contributed by atoms with Crippen molar-refractivity contribution < 1.29 is 9.32 Å². The van der Waals surface area contributed by atoms with Gasteiger partial charge in [-0.25, -0.2) is 0 Å². The third kappa shape index (κ3) is 3.42. The Bertz CT molecular complexity index is 953. The van der Waals surface area contributed by atoms with E-state index in [0.717, 1.165) is 11.1 Å². The highest BCUT2D eigenvalue weighted by atomic mass is 16.5. The van der Waals surface area contributed by atoms with Gasteiger partial charge in [-0.15, -0.1) is 0 Å². The molecule has 2 aliphatic rings. The Balaban J connectivity index is 1.43. The van der Waals surface area contributed by atoms with Crippen molar-refractivity contribution in [2.45, 2.75) is 31.1 Å². The van der Waals surface area contributed by atoms with Crippen molar-refractivity contribution in [3.63, 3.8) is 0 Å². The van der Waals surface area contributed by atoms with Crippen LogP contribution < -0.4 is 0 Å². The number of amides is 1. The summed E-state index contributed by atoms with van der Waals surface area (Å²) in [7, 11) is 0. The third-order valence-corrected chi connectivity index (χ3v) is 5.74. The van der Waals surface area contributed by atoms with Crippen LogP contribution in [0.15, 0.2) is 59.4 Å². The van der Waals surface area contributed by atoms with E-state index in [9.17, 15) is 4.79 Å². The molecule has 1 aliphatic heterocycles. The molecular formula is C22H22N4O2. The van der Waals surface area contributed by atoms with Crippen LogP contribution in [0.3, 0.4) is 0 Å². The van der Waals surface area contributed by atoms with E-state index in [0.29, 0.717) is 37.1 Å². The molecule has 0 N–H and O–H groups in total. The maximum Gasteiger partial charge on any atom is 0.232 e. The van der Waals surface area contributed by atoms with Crippen LogP contribution in [0.4, 0.5) is 0 Å². The monoisotopic (exact) mass is 374 g/mol. The highest BCUT2D eigenvalue weighted by Gasteiger charge is 2.41. The minimum atomic E-state index is -0.0164. The lowest BCUT2D eigenvalue weighted by Crippen LogP contribution is -2.29. The largest absolute Gasteiger partial charge is 0.341 e. The van der Waals surface area contributed by atoms with Crippen molar-refractivity contribution in [1.29, 1.82) is 0 Å². The van der Waals surface area contributed by atoms with Crippen LogP contribution in [0.1, 0.15) is 42.6 Å². The number of aromatic nitrogens is 3. The molecular weight excluding hydrogens is 352 g/mol. The molecule has 142 valence electrons. The fraction of sp³-hybridized carbons (Fsp3) is 0.364. The van der Waals surface area contributed by atoms with Gasteiger partial charge in [0.2, 0.25) is 17.6 Å². The lowest BCUT2D eigenvalue weighted by atomic mass is 9.90. The fourth-order valence-electron chi connectivity index (χ4n) is 3.98. The molecule has 2 aromatic heterocycles. The number of benzene rings is 1. The molecule has 5 rings (SSSR count). The molecule has 1 aromatic carbocycles. The number of pyridine rings is 1. The van der Waals surface area contributed by atoms with Crippen LogP contribution in [0.2, 0.25) is 0 Å². The first kappa shape index (κ1) is 17.1. The minimum Gasteiger partial charge on any atom is -0.341 e. The second kappa shape index (κ2) is 7.19. The molecule has 1 amide bonds. The molecule has 0 spiro atoms. The first-order valence-corrected chi connectivity index (χ1v) is 9.84. The maximum atomic E-state index is 12.7. The predicted molar refractivity (Wildman–Crippen MR) is 103 cm³/mol. The van der Waals surface area contributed by atoms with Crippen LogP contribution in [-0.2, 0) is 4.79 Å². The van der Waals surface area contributed by atoms with Crippen molar-refractivity contribution in [3.05, 3.63) is 66.3 Å². The van der Waals surface area contributed by atoms with Gasteiger partial charge in [-0.05, 0) is 30.4 Å². The molecule has 0 radical (unpaired) electrons. The van der Waals surface area contributed by atoms with Gasteiger partial charge < -0.3 is 9.42 Å². The molecule has 28 heavy (non-hydrogen) atoms. The number of likely N-dealkylation sites (tertiary alicyclic amines) is 1. The number of nitrogens with zero attached hydrogens (tertiary/aromatic N) is 4. The lowest BCUT2D eigenvalue weighted by Gasteiger charge is -2.16. The molecule has 1 saturated heterocycles. The maximum absolute atomic E-state index is 12.7. The standard InChI is InChI=1S/C22H22N4O2/c27-20(11-15-8-9-15)26-13-18(17-7-4-10-23-12-17)19(14-26)22-24-21(25-28-22)16-5-2-1-3-6-16/h1-7,10,12,15,18-19H,8-9,11,13-14H2. The molecule has 3 heterocycles. The van der Waals surface area contributed by atoms with E-state index in [2.05, 4.69) is 21.2 Å². The quantitative estimate of drug-likeness (QED) is 0.682. The van der Waals surface area contributed by atoms with Crippen LogP contribution >= 0.6 is 0 Å². The number of rotatable bonds is 5. The zero-order chi connectivity index (χ0) is 18.9. The SMILES string of the molecule is O=C(CC1CC1)N1CC(c2cccnc2)C(c2nc(-c3ccccc3)no2)C1. The van der Waals surface area contributed by atoms with Gasteiger partial charge in [-0.3, -0.25) is 9.78 Å². The van der Waals surface area contributed by atoms with Crippen molar-refractivity contribution in [2.75, 3.05) is 13.1 Å². The molecule has 1 saturated carbocycles. The van der Waals surface area contributed by atoms with Gasteiger partial charge in [0.05, 0.1) is 5.92 Å². The van der Waals surface area contributed by atoms with Crippen molar-refractivity contribution in [2.24, 2.45) is 5.92 Å². The summed E-state index contributed by atoms with van der Waals surface area (Å²) in [6, 6.07) is 13.8. The lowest BCUT2D eigenvalue weighted by molar-refractivity contribution is -0.130. The average molecular weight is 374 g/mol. The van der Waals surface area contributed by atoms with Crippen LogP contribution in [0.25, 0.3) is 11.4 Å². The summed E-state index contributed by atoms with van der Waals surface area (Å²) in [5.74, 6) is 2.09. The number of carbonyl (C=O) groups is 1. The molecule has 6 heteroatoms. The van der Waals surface area contributed by atoms with E-state index in [-0.39, 0.29) is 17.7 Å². The van der Waals surface area contributed by atoms with Gasteiger partial charge in [0.15, 0.2) is 0 Å². The van der Waals surface area contributed by atoms with Gasteiger partial charge >= 0.3 is 0 Å². The van der Waals surface area contributed by atoms with E-state index >= 15 is 0 Å². The normalized spacial score (nSPS) is 21.8. The van der Waals surface area contributed by atoms with Crippen molar-refractivity contribution in [1.82, 2.24) is 20.0 Å². The first-order chi connectivity index (χ1) is 13.8. The topological polar surface area (TPSA) is 72.1 Å². The third-order valence-electron chi connectivity index (χ3n) is 5.74. The molecule has 2 unspecified atom stereocenters. The molecule has 2 fully saturated rings. The first-order valence-electron chi connectivity index (χ1n) is 9.84. The summed E-state index contributed by atoms with van der Waals surface area (Å²) < 4.78 is 5.66. The van der Waals surface area contributed by atoms with Gasteiger partial charge in [0.25, 0.3) is 0 Å². The summed E-state index contributed by atoms with van der Waals surface area (Å²) in [5, 5.41) is 4.18. The van der Waals surface area contributed by atoms with E-state index in [1.807, 2.05) is 47.5 Å². The second-order valence-electron chi connectivity index (χ2n) is 7.77. The molecule has 2 atom stereocenters. The van der Waals surface area contributed by atoms with Gasteiger partial charge in [-0.1, -0.05) is 41.6 Å². The van der Waals surface area contributed by atoms with E-state index in [1.165, 1.54) is 12.8 Å². The Morgan fingerprint density at radius 1 is 1.07 bits per heavy atom. The van der Waals surface area contributed by atoms with E-state index < -0.39 is 0 Å². The number of hydrogen-bond donors (Lipinski definition) is 0. The number of hydrogen-bond acceptors (Lipinski definition) is 5. The number of carbonyl (C=O) groups excluding carboxylic acids is 1. The fourth-order valence-corrected chi connectivity index (χ4v) is 3.98. The van der Waals surface area contributed by atoms with E-state index in [1.54, 1.807) is 6.20 Å². The minimum absolute atomic E-state index is 0.0164. The van der Waals surface area contributed by atoms with Crippen molar-refractivity contribution >= 4 is 5.91 Å². The highest BCUT2D eigenvalue weighted by molar-refractivity contribution is 5.77. The van der Waals surface area contributed by atoms with E-state index in [4.69, 9.17) is 4.52 Å². The van der Waals surface area contributed by atoms with Gasteiger partial charge in [0.1, 0.15) is 0 Å². The predicted octanol–water partition coefficient (Wildman–Crippen LogP) is 3.64. The van der Waals surface area contributed by atoms with Crippen LogP contribution in [0.5, 0.6) is 0 Å². The average Bonchev–Trinajstić information content (AvgIpc) is 3.25. The smallest absolute Gasteiger partial charge is 0.232 e. The zero-order valence-electron chi connectivity index (χ0n) is 15.6. The molecule has 3 aromatic rings. The second-order valence-corrected chi connectivity index (χ2v) is 7.77. The van der Waals surface area contributed by atoms with Gasteiger partial charge in [0, 0.05) is 43.4 Å². The Hall–Kier alpha value is -3.02. The summed E-state index contributed by atoms with van der Waals surface area (Å²) >= 11 is 0. The summed E-state index contributed by atoms with van der Waals surface area (Å²) in [6.07, 6.45) is 6.66. The summed E-state index contributed by atoms with van der Waals surface area (Å²) in [6.45, 7) is 1.28. The van der Waals surface area contributed by atoms with Gasteiger partial charge in [-0.2, -0.15) is 4.98 Å². The Kier molecular flexibility index (Phi) is 4.39. The molecule has 6 nitrogen and oxygen atoms in total. The summed E-state index contributed by atoms with van der Waals surface area (Å²) in [4.78, 5) is 23.6. The Morgan fingerprint density at radius 2 is 1.89 bits per heavy atom. The Morgan fingerprint density at radius 3 is 2.64 bits per heavy atom. The zero-order valence-corrected chi connectivity index (χ0v) is 15.6. The van der Waals surface area contributed by atoms with Crippen LogP contribution in [0, 0.1) is 5.92 Å². The molecule has 0 bridgehead atoms. The molecule has 1 aliphatic carbocycles. The van der Waals surface area contributed by atoms with Crippen molar-refractivity contribution in [3.8, 4) is 11.4 Å². The van der Waals surface area contributed by atoms with Crippen LogP contribution in [-0.4, -0.2) is 39.0 Å². The summed E-state index contributed by atoms with van der Waals surface area (Å²) in [5.41, 5.74) is 2.03. The Labute approximate surface area is 163 Å². The highest BCUT2D eigenvalue weighted by Crippen LogP contribution is 2.41.